The van der Waals surface area contributed by atoms with Crippen molar-refractivity contribution in [1.82, 2.24) is 9.88 Å². The number of pyridine rings is 1. The van der Waals surface area contributed by atoms with Gasteiger partial charge in [0.05, 0.1) is 12.1 Å². The third-order valence-electron chi connectivity index (χ3n) is 3.48. The molecule has 0 saturated heterocycles. The van der Waals surface area contributed by atoms with Crippen molar-refractivity contribution < 1.29 is 4.74 Å². The molecule has 0 unspecified atom stereocenters. The van der Waals surface area contributed by atoms with E-state index >= 15 is 0 Å². The van der Waals surface area contributed by atoms with Crippen LogP contribution in [0.5, 0.6) is 5.75 Å². The molecular formula is C17H21ClN2O. The number of hydrogen-bond donors (Lipinski definition) is 0. The Morgan fingerprint density at radius 3 is 2.71 bits per heavy atom. The van der Waals surface area contributed by atoms with E-state index in [9.17, 15) is 0 Å². The Morgan fingerprint density at radius 1 is 1.24 bits per heavy atom. The molecule has 1 aromatic carbocycles. The molecule has 1 heterocycles. The van der Waals surface area contributed by atoms with Gasteiger partial charge in [0.1, 0.15) is 5.75 Å². The van der Waals surface area contributed by atoms with Gasteiger partial charge in [-0.2, -0.15) is 0 Å². The Morgan fingerprint density at radius 2 is 2.10 bits per heavy atom. The number of likely N-dealkylation sites (N-methyl/N-ethyl adjacent to an activating group) is 1. The Kier molecular flexibility index (Phi) is 6.03. The molecule has 3 nitrogen and oxygen atoms in total. The van der Waals surface area contributed by atoms with Gasteiger partial charge in [-0.15, -0.1) is 0 Å². The minimum absolute atomic E-state index is 0.663. The summed E-state index contributed by atoms with van der Waals surface area (Å²) in [6, 6.07) is 12.0. The maximum absolute atomic E-state index is 6.18. The topological polar surface area (TPSA) is 25.4 Å². The zero-order chi connectivity index (χ0) is 15.1. The van der Waals surface area contributed by atoms with Gasteiger partial charge in [0.25, 0.3) is 0 Å². The lowest BCUT2D eigenvalue weighted by Crippen LogP contribution is -2.25. The smallest absolute Gasteiger partial charge is 0.137 e. The second-order valence-corrected chi connectivity index (χ2v) is 5.32. The summed E-state index contributed by atoms with van der Waals surface area (Å²) in [7, 11) is 1.63. The van der Waals surface area contributed by atoms with Crippen LogP contribution in [0.15, 0.2) is 42.6 Å². The highest BCUT2D eigenvalue weighted by molar-refractivity contribution is 6.32. The average Bonchev–Trinajstić information content (AvgIpc) is 2.52. The number of rotatable bonds is 7. The zero-order valence-electron chi connectivity index (χ0n) is 12.6. The summed E-state index contributed by atoms with van der Waals surface area (Å²) in [6.07, 6.45) is 2.80. The fraction of sp³-hybridized carbons (Fsp3) is 0.353. The van der Waals surface area contributed by atoms with Crippen LogP contribution in [0.3, 0.4) is 0 Å². The minimum atomic E-state index is 0.663. The Bertz CT molecular complexity index is 560. The van der Waals surface area contributed by atoms with Gasteiger partial charge in [0.15, 0.2) is 0 Å². The average molecular weight is 305 g/mol. The molecule has 2 rings (SSSR count). The van der Waals surface area contributed by atoms with E-state index in [-0.39, 0.29) is 0 Å². The summed E-state index contributed by atoms with van der Waals surface area (Å²) in [5.41, 5.74) is 2.33. The van der Waals surface area contributed by atoms with Crippen molar-refractivity contribution in [2.24, 2.45) is 0 Å². The quantitative estimate of drug-likeness (QED) is 0.778. The molecule has 0 aliphatic heterocycles. The first-order chi connectivity index (χ1) is 10.2. The Hall–Kier alpha value is -1.58. The Labute approximate surface area is 131 Å². The van der Waals surface area contributed by atoms with E-state index in [1.165, 1.54) is 5.56 Å². The number of hydrogen-bond acceptors (Lipinski definition) is 3. The molecule has 0 saturated carbocycles. The lowest BCUT2D eigenvalue weighted by atomic mass is 10.2. The van der Waals surface area contributed by atoms with Crippen molar-refractivity contribution in [1.29, 1.82) is 0 Å². The van der Waals surface area contributed by atoms with E-state index in [1.54, 1.807) is 7.11 Å². The first-order valence-corrected chi connectivity index (χ1v) is 7.55. The SMILES string of the molecule is CCN(CCc1ccccn1)Cc1ccc(OC)c(Cl)c1. The third kappa shape index (κ3) is 4.73. The summed E-state index contributed by atoms with van der Waals surface area (Å²) < 4.78 is 5.18. The maximum Gasteiger partial charge on any atom is 0.137 e. The van der Waals surface area contributed by atoms with Crippen LogP contribution in [0.1, 0.15) is 18.2 Å². The first-order valence-electron chi connectivity index (χ1n) is 7.17. The first kappa shape index (κ1) is 15.8. The van der Waals surface area contributed by atoms with Crippen LogP contribution in [-0.4, -0.2) is 30.1 Å². The van der Waals surface area contributed by atoms with E-state index in [1.807, 2.05) is 30.5 Å². The minimum Gasteiger partial charge on any atom is -0.495 e. The second kappa shape index (κ2) is 8.01. The predicted molar refractivity (Wildman–Crippen MR) is 86.9 cm³/mol. The molecule has 0 atom stereocenters. The molecule has 2 aromatic rings. The zero-order valence-corrected chi connectivity index (χ0v) is 13.3. The van der Waals surface area contributed by atoms with Crippen molar-refractivity contribution in [2.75, 3.05) is 20.2 Å². The monoisotopic (exact) mass is 304 g/mol. The number of benzene rings is 1. The molecule has 112 valence electrons. The van der Waals surface area contributed by atoms with Crippen LogP contribution < -0.4 is 4.74 Å². The van der Waals surface area contributed by atoms with Crippen LogP contribution in [0, 0.1) is 0 Å². The van der Waals surface area contributed by atoms with Crippen molar-refractivity contribution >= 4 is 11.6 Å². The fourth-order valence-corrected chi connectivity index (χ4v) is 2.51. The number of ether oxygens (including phenoxy) is 1. The van der Waals surface area contributed by atoms with Gasteiger partial charge < -0.3 is 4.74 Å². The lowest BCUT2D eigenvalue weighted by Gasteiger charge is -2.20. The fourth-order valence-electron chi connectivity index (χ4n) is 2.23. The normalized spacial score (nSPS) is 10.9. The van der Waals surface area contributed by atoms with Crippen LogP contribution in [0.4, 0.5) is 0 Å². The highest BCUT2D eigenvalue weighted by Gasteiger charge is 2.07. The molecule has 0 fully saturated rings. The van der Waals surface area contributed by atoms with Crippen LogP contribution in [0.2, 0.25) is 5.02 Å². The van der Waals surface area contributed by atoms with E-state index in [4.69, 9.17) is 16.3 Å². The summed E-state index contributed by atoms with van der Waals surface area (Å²) in [5, 5.41) is 0.663. The van der Waals surface area contributed by atoms with E-state index in [0.29, 0.717) is 5.02 Å². The van der Waals surface area contributed by atoms with Gasteiger partial charge in [-0.1, -0.05) is 30.7 Å². The maximum atomic E-state index is 6.18. The van der Waals surface area contributed by atoms with Gasteiger partial charge >= 0.3 is 0 Å². The summed E-state index contributed by atoms with van der Waals surface area (Å²) >= 11 is 6.18. The molecule has 0 amide bonds. The van der Waals surface area contributed by atoms with Crippen molar-refractivity contribution in [3.8, 4) is 5.75 Å². The third-order valence-corrected chi connectivity index (χ3v) is 3.78. The summed E-state index contributed by atoms with van der Waals surface area (Å²) in [5.74, 6) is 0.719. The van der Waals surface area contributed by atoms with Crippen LogP contribution in [-0.2, 0) is 13.0 Å². The lowest BCUT2D eigenvalue weighted by molar-refractivity contribution is 0.282. The number of aromatic nitrogens is 1. The standard InChI is InChI=1S/C17H21ClN2O/c1-3-20(11-9-15-6-4-5-10-19-15)13-14-7-8-17(21-2)16(18)12-14/h4-8,10,12H,3,9,11,13H2,1-2H3. The molecule has 21 heavy (non-hydrogen) atoms. The number of methoxy groups -OCH3 is 1. The molecular weight excluding hydrogens is 284 g/mol. The molecule has 0 N–H and O–H groups in total. The van der Waals surface area contributed by atoms with Crippen molar-refractivity contribution in [2.45, 2.75) is 19.9 Å². The predicted octanol–water partition coefficient (Wildman–Crippen LogP) is 3.81. The second-order valence-electron chi connectivity index (χ2n) is 4.91. The van der Waals surface area contributed by atoms with Crippen LogP contribution in [0.25, 0.3) is 0 Å². The summed E-state index contributed by atoms with van der Waals surface area (Å²) in [6.45, 7) is 5.03. The van der Waals surface area contributed by atoms with Crippen molar-refractivity contribution in [3.05, 3.63) is 58.9 Å². The number of halogens is 1. The number of nitrogens with zero attached hydrogens (tertiary/aromatic N) is 2. The van der Waals surface area contributed by atoms with E-state index < -0.39 is 0 Å². The van der Waals surface area contributed by atoms with Crippen molar-refractivity contribution in [3.63, 3.8) is 0 Å². The molecule has 0 radical (unpaired) electrons. The van der Waals surface area contributed by atoms with E-state index in [0.717, 1.165) is 37.5 Å². The van der Waals surface area contributed by atoms with Gasteiger partial charge in [0.2, 0.25) is 0 Å². The highest BCUT2D eigenvalue weighted by atomic mass is 35.5. The van der Waals surface area contributed by atoms with Gasteiger partial charge in [-0.05, 0) is 36.4 Å². The molecule has 4 heteroatoms. The molecule has 0 aliphatic rings. The van der Waals surface area contributed by atoms with E-state index in [2.05, 4.69) is 28.9 Å². The van der Waals surface area contributed by atoms with Gasteiger partial charge in [-0.3, -0.25) is 9.88 Å². The highest BCUT2D eigenvalue weighted by Crippen LogP contribution is 2.25. The van der Waals surface area contributed by atoms with Gasteiger partial charge in [0, 0.05) is 31.4 Å². The van der Waals surface area contributed by atoms with Gasteiger partial charge in [-0.25, -0.2) is 0 Å². The molecule has 0 spiro atoms. The van der Waals surface area contributed by atoms with Crippen LogP contribution >= 0.6 is 11.6 Å². The molecule has 0 aliphatic carbocycles. The summed E-state index contributed by atoms with van der Waals surface area (Å²) in [4.78, 5) is 6.75. The molecule has 0 bridgehead atoms. The largest absolute Gasteiger partial charge is 0.495 e. The molecule has 1 aromatic heterocycles. The Balaban J connectivity index is 1.94.